The van der Waals surface area contributed by atoms with Crippen LogP contribution in [0.1, 0.15) is 25.7 Å². The largest absolute Gasteiger partial charge is 0.354 e. The van der Waals surface area contributed by atoms with Gasteiger partial charge in [-0.25, -0.2) is 0 Å². The highest BCUT2D eigenvalue weighted by Gasteiger charge is 2.21. The van der Waals surface area contributed by atoms with Gasteiger partial charge in [-0.15, -0.1) is 0 Å². The zero-order chi connectivity index (χ0) is 11.1. The maximum atomic E-state index is 11.5. The second-order valence-corrected chi connectivity index (χ2v) is 4.32. The fraction of sp³-hybridized carbons (Fsp3) is 0.800. The minimum Gasteiger partial charge on any atom is -0.354 e. The molecule has 0 aromatic carbocycles. The molecule has 1 saturated carbocycles. The van der Waals surface area contributed by atoms with Crippen LogP contribution in [0.2, 0.25) is 0 Å². The average Bonchev–Trinajstić information content (AvgIpc) is 2.77. The Balaban J connectivity index is 2.04. The van der Waals surface area contributed by atoms with E-state index in [0.717, 1.165) is 12.8 Å². The molecule has 86 valence electrons. The van der Waals surface area contributed by atoms with E-state index >= 15 is 0 Å². The highest BCUT2D eigenvalue weighted by Crippen LogP contribution is 2.24. The summed E-state index contributed by atoms with van der Waals surface area (Å²) < 4.78 is 0. The molecule has 2 amide bonds. The van der Waals surface area contributed by atoms with Gasteiger partial charge >= 0.3 is 0 Å². The summed E-state index contributed by atoms with van der Waals surface area (Å²) >= 11 is 3.05. The first-order chi connectivity index (χ1) is 7.24. The van der Waals surface area contributed by atoms with Crippen LogP contribution in [0.15, 0.2) is 0 Å². The predicted octanol–water partition coefficient (Wildman–Crippen LogP) is 0.804. The lowest BCUT2D eigenvalue weighted by Gasteiger charge is -2.10. The summed E-state index contributed by atoms with van der Waals surface area (Å²) in [5.74, 6) is 0.294. The van der Waals surface area contributed by atoms with Crippen LogP contribution in [0.5, 0.6) is 0 Å². The van der Waals surface area contributed by atoms with Gasteiger partial charge in [0.25, 0.3) is 0 Å². The maximum absolute atomic E-state index is 11.5. The third kappa shape index (κ3) is 4.64. The molecule has 0 atom stereocenters. The minimum absolute atomic E-state index is 0.0508. The van der Waals surface area contributed by atoms with Gasteiger partial charge in [-0.05, 0) is 12.8 Å². The Hall–Kier alpha value is -0.580. The predicted molar refractivity (Wildman–Crippen MR) is 61.8 cm³/mol. The number of amides is 2. The summed E-state index contributed by atoms with van der Waals surface area (Å²) in [4.78, 5) is 22.4. The van der Waals surface area contributed by atoms with E-state index in [2.05, 4.69) is 26.6 Å². The summed E-state index contributed by atoms with van der Waals surface area (Å²) in [7, 11) is 0. The molecule has 0 bridgehead atoms. The molecule has 0 unspecified atom stereocenters. The SMILES string of the molecule is O=C(CBr)NCCNC(=O)C1CCCC1. The summed E-state index contributed by atoms with van der Waals surface area (Å²) in [6.45, 7) is 1.02. The molecule has 0 radical (unpaired) electrons. The van der Waals surface area contributed by atoms with Crippen LogP contribution in [0.25, 0.3) is 0 Å². The normalized spacial score (nSPS) is 16.3. The molecule has 0 aromatic rings. The number of alkyl halides is 1. The quantitative estimate of drug-likeness (QED) is 0.577. The Kier molecular flexibility index (Phi) is 5.68. The van der Waals surface area contributed by atoms with Crippen molar-refractivity contribution >= 4 is 27.7 Å². The molecule has 1 fully saturated rings. The molecule has 1 aliphatic carbocycles. The molecule has 4 nitrogen and oxygen atoms in total. The first kappa shape index (κ1) is 12.5. The Morgan fingerprint density at radius 2 is 1.73 bits per heavy atom. The monoisotopic (exact) mass is 276 g/mol. The fourth-order valence-electron chi connectivity index (χ4n) is 1.77. The lowest BCUT2D eigenvalue weighted by Crippen LogP contribution is -2.37. The molecule has 0 aromatic heterocycles. The van der Waals surface area contributed by atoms with Crippen molar-refractivity contribution in [3.05, 3.63) is 0 Å². The van der Waals surface area contributed by atoms with Crippen molar-refractivity contribution in [2.45, 2.75) is 25.7 Å². The van der Waals surface area contributed by atoms with Gasteiger partial charge < -0.3 is 10.6 Å². The molecule has 5 heteroatoms. The first-order valence-corrected chi connectivity index (χ1v) is 6.46. The van der Waals surface area contributed by atoms with Crippen molar-refractivity contribution in [3.8, 4) is 0 Å². The molecule has 15 heavy (non-hydrogen) atoms. The number of hydrogen-bond donors (Lipinski definition) is 2. The zero-order valence-corrected chi connectivity index (χ0v) is 10.3. The number of rotatable bonds is 5. The standard InChI is InChI=1S/C10H17BrN2O2/c11-7-9(14)12-5-6-13-10(15)8-3-1-2-4-8/h8H,1-7H2,(H,12,14)(H,13,15). The highest BCUT2D eigenvalue weighted by molar-refractivity contribution is 9.09. The second kappa shape index (κ2) is 6.82. The smallest absolute Gasteiger partial charge is 0.230 e. The number of hydrogen-bond acceptors (Lipinski definition) is 2. The van der Waals surface area contributed by atoms with Crippen LogP contribution >= 0.6 is 15.9 Å². The molecule has 0 heterocycles. The number of halogens is 1. The summed E-state index contributed by atoms with van der Waals surface area (Å²) in [5, 5.41) is 5.82. The van der Waals surface area contributed by atoms with E-state index in [1.807, 2.05) is 0 Å². The molecule has 1 rings (SSSR count). The number of carbonyl (C=O) groups excluding carboxylic acids is 2. The van der Waals surface area contributed by atoms with E-state index in [4.69, 9.17) is 0 Å². The third-order valence-corrected chi connectivity index (χ3v) is 3.10. The Labute approximate surface area is 98.3 Å². The van der Waals surface area contributed by atoms with Crippen LogP contribution in [-0.4, -0.2) is 30.2 Å². The van der Waals surface area contributed by atoms with Gasteiger partial charge in [-0.3, -0.25) is 9.59 Å². The minimum atomic E-state index is -0.0508. The zero-order valence-electron chi connectivity index (χ0n) is 8.72. The van der Waals surface area contributed by atoms with E-state index in [1.54, 1.807) is 0 Å². The fourth-order valence-corrected chi connectivity index (χ4v) is 1.97. The van der Waals surface area contributed by atoms with Gasteiger partial charge in [0, 0.05) is 19.0 Å². The second-order valence-electron chi connectivity index (χ2n) is 3.76. The third-order valence-electron chi connectivity index (χ3n) is 2.59. The van der Waals surface area contributed by atoms with Crippen molar-refractivity contribution in [1.82, 2.24) is 10.6 Å². The molecule has 2 N–H and O–H groups in total. The molecule has 0 saturated heterocycles. The molecule has 1 aliphatic rings. The highest BCUT2D eigenvalue weighted by atomic mass is 79.9. The van der Waals surface area contributed by atoms with E-state index in [0.29, 0.717) is 18.4 Å². The van der Waals surface area contributed by atoms with Gasteiger partial charge in [-0.2, -0.15) is 0 Å². The van der Waals surface area contributed by atoms with Crippen LogP contribution in [0, 0.1) is 5.92 Å². The summed E-state index contributed by atoms with van der Waals surface area (Å²) in [6, 6.07) is 0. The summed E-state index contributed by atoms with van der Waals surface area (Å²) in [6.07, 6.45) is 4.36. The molecule has 0 aliphatic heterocycles. The van der Waals surface area contributed by atoms with Crippen molar-refractivity contribution in [2.24, 2.45) is 5.92 Å². The first-order valence-electron chi connectivity index (χ1n) is 5.34. The van der Waals surface area contributed by atoms with Crippen LogP contribution in [-0.2, 0) is 9.59 Å². The topological polar surface area (TPSA) is 58.2 Å². The lowest BCUT2D eigenvalue weighted by molar-refractivity contribution is -0.125. The molecule has 0 spiro atoms. The van der Waals surface area contributed by atoms with E-state index < -0.39 is 0 Å². The molecular weight excluding hydrogens is 260 g/mol. The van der Waals surface area contributed by atoms with Gasteiger partial charge in [0.2, 0.25) is 11.8 Å². The molecular formula is C10H17BrN2O2. The average molecular weight is 277 g/mol. The Morgan fingerprint density at radius 3 is 2.33 bits per heavy atom. The summed E-state index contributed by atoms with van der Waals surface area (Å²) in [5.41, 5.74) is 0. The van der Waals surface area contributed by atoms with Gasteiger partial charge in [-0.1, -0.05) is 28.8 Å². The van der Waals surface area contributed by atoms with Crippen molar-refractivity contribution in [3.63, 3.8) is 0 Å². The number of carbonyl (C=O) groups is 2. The van der Waals surface area contributed by atoms with Gasteiger partial charge in [0.1, 0.15) is 0 Å². The van der Waals surface area contributed by atoms with E-state index in [9.17, 15) is 9.59 Å². The van der Waals surface area contributed by atoms with E-state index in [1.165, 1.54) is 12.8 Å². The van der Waals surface area contributed by atoms with Crippen LogP contribution in [0.4, 0.5) is 0 Å². The van der Waals surface area contributed by atoms with E-state index in [-0.39, 0.29) is 17.7 Å². The van der Waals surface area contributed by atoms with Crippen LogP contribution in [0.3, 0.4) is 0 Å². The van der Waals surface area contributed by atoms with Crippen molar-refractivity contribution in [1.29, 1.82) is 0 Å². The Bertz CT molecular complexity index is 227. The Morgan fingerprint density at radius 1 is 1.13 bits per heavy atom. The van der Waals surface area contributed by atoms with Crippen molar-refractivity contribution in [2.75, 3.05) is 18.4 Å². The lowest BCUT2D eigenvalue weighted by atomic mass is 10.1. The van der Waals surface area contributed by atoms with Crippen molar-refractivity contribution < 1.29 is 9.59 Å². The van der Waals surface area contributed by atoms with Crippen LogP contribution < -0.4 is 10.6 Å². The van der Waals surface area contributed by atoms with Gasteiger partial charge in [0.05, 0.1) is 5.33 Å². The van der Waals surface area contributed by atoms with Gasteiger partial charge in [0.15, 0.2) is 0 Å². The maximum Gasteiger partial charge on any atom is 0.230 e. The number of nitrogens with one attached hydrogen (secondary N) is 2.